The molecule has 1 aliphatic heterocycles. The number of hydrogen-bond acceptors (Lipinski definition) is 5. The van der Waals surface area contributed by atoms with Crippen LogP contribution in [0, 0.1) is 0 Å². The first kappa shape index (κ1) is 27.3. The summed E-state index contributed by atoms with van der Waals surface area (Å²) >= 11 is 0. The molecule has 1 unspecified atom stereocenters. The van der Waals surface area contributed by atoms with Crippen molar-refractivity contribution in [3.8, 4) is 22.6 Å². The van der Waals surface area contributed by atoms with Gasteiger partial charge in [-0.3, -0.25) is 0 Å². The zero-order valence-corrected chi connectivity index (χ0v) is 21.1. The van der Waals surface area contributed by atoms with Gasteiger partial charge in [0.25, 0.3) is 0 Å². The zero-order valence-electron chi connectivity index (χ0n) is 21.1. The Balaban J connectivity index is 0.000000448. The summed E-state index contributed by atoms with van der Waals surface area (Å²) < 4.78 is 42.6. The van der Waals surface area contributed by atoms with Crippen molar-refractivity contribution < 1.29 is 32.5 Å². The fraction of sp³-hybridized carbons (Fsp3) is 0.133. The van der Waals surface area contributed by atoms with Crippen molar-refractivity contribution in [2.24, 2.45) is 10.7 Å². The lowest BCUT2D eigenvalue weighted by atomic mass is 9.77. The second kappa shape index (κ2) is 10.9. The molecule has 1 heterocycles. The second-order valence-corrected chi connectivity index (χ2v) is 8.60. The maximum atomic E-state index is 10.6. The number of aliphatic carboxylic acids is 1. The monoisotopic (exact) mass is 534 g/mol. The highest BCUT2D eigenvalue weighted by molar-refractivity contribution is 6.03. The number of halogens is 3. The van der Waals surface area contributed by atoms with Gasteiger partial charge in [-0.25, -0.2) is 9.79 Å². The molecule has 0 fully saturated rings. The van der Waals surface area contributed by atoms with E-state index in [0.29, 0.717) is 5.84 Å². The number of alkyl halides is 3. The van der Waals surface area contributed by atoms with E-state index in [9.17, 15) is 13.2 Å². The minimum absolute atomic E-state index is 0.545. The molecule has 0 saturated heterocycles. The Kier molecular flexibility index (Phi) is 7.62. The number of ether oxygens (including phenoxy) is 2. The molecule has 200 valence electrons. The number of nitrogens with two attached hydrogens (primary N) is 1. The van der Waals surface area contributed by atoms with E-state index < -0.39 is 17.7 Å². The number of amidine groups is 1. The molecule has 39 heavy (non-hydrogen) atoms. The summed E-state index contributed by atoms with van der Waals surface area (Å²) in [7, 11) is 3.35. The third-order valence-electron chi connectivity index (χ3n) is 6.31. The van der Waals surface area contributed by atoms with Gasteiger partial charge in [-0.2, -0.15) is 13.2 Å². The lowest BCUT2D eigenvalue weighted by Gasteiger charge is -2.29. The van der Waals surface area contributed by atoms with Crippen molar-refractivity contribution >= 4 is 11.8 Å². The van der Waals surface area contributed by atoms with E-state index in [2.05, 4.69) is 48.5 Å². The van der Waals surface area contributed by atoms with E-state index >= 15 is 0 Å². The summed E-state index contributed by atoms with van der Waals surface area (Å²) in [6, 6.07) is 32.8. The van der Waals surface area contributed by atoms with E-state index in [1.165, 1.54) is 0 Å². The van der Waals surface area contributed by atoms with E-state index in [1.807, 2.05) is 48.5 Å². The third-order valence-corrected chi connectivity index (χ3v) is 6.31. The highest BCUT2D eigenvalue weighted by Crippen LogP contribution is 2.46. The van der Waals surface area contributed by atoms with Crippen molar-refractivity contribution in [3.63, 3.8) is 0 Å². The van der Waals surface area contributed by atoms with Gasteiger partial charge in [0.15, 0.2) is 0 Å². The number of rotatable bonds is 5. The SMILES string of the molecule is COc1ccc(C2(c3cccc(-c4cccc(OC)c4)c3)N=C(N)c3ccccc32)cc1.O=C(O)C(F)(F)F. The van der Waals surface area contributed by atoms with Crippen LogP contribution >= 0.6 is 0 Å². The molecule has 3 N–H and O–H groups in total. The maximum absolute atomic E-state index is 10.6. The lowest BCUT2D eigenvalue weighted by molar-refractivity contribution is -0.192. The molecule has 0 spiro atoms. The van der Waals surface area contributed by atoms with Crippen LogP contribution in [0.15, 0.2) is 102 Å². The standard InChI is InChI=1S/C28H24N2O2.C2HF3O2/c1-31-23-15-13-21(14-16-23)28(26-12-4-3-11-25(26)27(29)30-28)22-9-5-7-19(17-22)20-8-6-10-24(18-20)32-2;3-2(4,5)1(6)7/h3-18H,1-2H3,(H2,29,30);(H,6,7). The normalized spacial score (nSPS) is 15.9. The maximum Gasteiger partial charge on any atom is 0.490 e. The number of aliphatic imine (C=N–C) groups is 1. The molecule has 0 aromatic heterocycles. The van der Waals surface area contributed by atoms with Crippen LogP contribution in [0.1, 0.15) is 22.3 Å². The molecule has 5 rings (SSSR count). The minimum atomic E-state index is -5.08. The molecule has 9 heteroatoms. The number of fused-ring (bicyclic) bond motifs is 1. The quantitative estimate of drug-likeness (QED) is 0.327. The first-order valence-corrected chi connectivity index (χ1v) is 11.7. The van der Waals surface area contributed by atoms with E-state index in [1.54, 1.807) is 14.2 Å². The highest BCUT2D eigenvalue weighted by Gasteiger charge is 2.43. The largest absolute Gasteiger partial charge is 0.497 e. The summed E-state index contributed by atoms with van der Waals surface area (Å²) in [4.78, 5) is 14.0. The van der Waals surface area contributed by atoms with Gasteiger partial charge in [0, 0.05) is 5.56 Å². The first-order valence-electron chi connectivity index (χ1n) is 11.7. The van der Waals surface area contributed by atoms with E-state index in [0.717, 1.165) is 44.9 Å². The summed E-state index contributed by atoms with van der Waals surface area (Å²) in [5.41, 5.74) is 12.0. The van der Waals surface area contributed by atoms with Crippen molar-refractivity contribution in [3.05, 3.63) is 119 Å². The molecule has 4 aromatic rings. The average Bonchev–Trinajstić information content (AvgIpc) is 3.26. The van der Waals surface area contributed by atoms with Crippen LogP contribution in [-0.2, 0) is 10.3 Å². The van der Waals surface area contributed by atoms with Crippen LogP contribution in [0.4, 0.5) is 13.2 Å². The Labute approximate surface area is 223 Å². The second-order valence-electron chi connectivity index (χ2n) is 8.60. The summed E-state index contributed by atoms with van der Waals surface area (Å²) in [6.07, 6.45) is -5.08. The zero-order chi connectivity index (χ0) is 28.2. The van der Waals surface area contributed by atoms with Gasteiger partial charge in [-0.05, 0) is 58.1 Å². The number of methoxy groups -OCH3 is 2. The Morgan fingerprint density at radius 3 is 2.00 bits per heavy atom. The Hall–Kier alpha value is -4.79. The minimum Gasteiger partial charge on any atom is -0.497 e. The van der Waals surface area contributed by atoms with Crippen molar-refractivity contribution in [2.75, 3.05) is 14.2 Å². The van der Waals surface area contributed by atoms with Gasteiger partial charge in [-0.1, -0.05) is 66.7 Å². The number of hydrogen-bond donors (Lipinski definition) is 2. The van der Waals surface area contributed by atoms with Gasteiger partial charge in [0.2, 0.25) is 0 Å². The van der Waals surface area contributed by atoms with Crippen LogP contribution in [-0.4, -0.2) is 37.3 Å². The lowest BCUT2D eigenvalue weighted by Crippen LogP contribution is -2.25. The molecule has 0 amide bonds. The molecule has 0 radical (unpaired) electrons. The predicted octanol–water partition coefficient (Wildman–Crippen LogP) is 6.01. The molecule has 1 aliphatic rings. The molecular formula is C30H25F3N2O4. The van der Waals surface area contributed by atoms with Crippen molar-refractivity contribution in [1.29, 1.82) is 0 Å². The van der Waals surface area contributed by atoms with Gasteiger partial charge in [-0.15, -0.1) is 0 Å². The fourth-order valence-electron chi connectivity index (χ4n) is 4.49. The predicted molar refractivity (Wildman–Crippen MR) is 142 cm³/mol. The Bertz CT molecular complexity index is 1520. The number of carboxylic acid groups (broad SMARTS) is 1. The van der Waals surface area contributed by atoms with Gasteiger partial charge < -0.3 is 20.3 Å². The van der Waals surface area contributed by atoms with Crippen LogP contribution < -0.4 is 15.2 Å². The first-order chi connectivity index (χ1) is 18.6. The molecule has 4 aromatic carbocycles. The van der Waals surface area contributed by atoms with Crippen LogP contribution in [0.2, 0.25) is 0 Å². The van der Waals surface area contributed by atoms with Gasteiger partial charge in [0.05, 0.1) is 14.2 Å². The van der Waals surface area contributed by atoms with Crippen LogP contribution in [0.5, 0.6) is 11.5 Å². The fourth-order valence-corrected chi connectivity index (χ4v) is 4.49. The molecule has 6 nitrogen and oxygen atoms in total. The topological polar surface area (TPSA) is 94.1 Å². The highest BCUT2D eigenvalue weighted by atomic mass is 19.4. The average molecular weight is 535 g/mol. The molecule has 1 atom stereocenters. The number of carboxylic acids is 1. The van der Waals surface area contributed by atoms with Crippen LogP contribution in [0.25, 0.3) is 11.1 Å². The Morgan fingerprint density at radius 2 is 1.38 bits per heavy atom. The van der Waals surface area contributed by atoms with Crippen molar-refractivity contribution in [1.82, 2.24) is 0 Å². The number of benzene rings is 4. The van der Waals surface area contributed by atoms with Crippen molar-refractivity contribution in [2.45, 2.75) is 11.7 Å². The molecular weight excluding hydrogens is 509 g/mol. The Morgan fingerprint density at radius 1 is 0.795 bits per heavy atom. The third kappa shape index (κ3) is 5.43. The molecule has 0 bridgehead atoms. The number of nitrogens with zero attached hydrogens (tertiary/aromatic N) is 1. The van der Waals surface area contributed by atoms with Crippen LogP contribution in [0.3, 0.4) is 0 Å². The summed E-state index contributed by atoms with van der Waals surface area (Å²) in [5, 5.41) is 7.12. The van der Waals surface area contributed by atoms with Gasteiger partial charge in [0.1, 0.15) is 22.9 Å². The van der Waals surface area contributed by atoms with E-state index in [4.69, 9.17) is 30.1 Å². The molecule has 0 aliphatic carbocycles. The summed E-state index contributed by atoms with van der Waals surface area (Å²) in [6.45, 7) is 0. The molecule has 0 saturated carbocycles. The van der Waals surface area contributed by atoms with E-state index in [-0.39, 0.29) is 0 Å². The number of carbonyl (C=O) groups is 1. The smallest absolute Gasteiger partial charge is 0.490 e. The van der Waals surface area contributed by atoms with Gasteiger partial charge >= 0.3 is 12.1 Å². The summed E-state index contributed by atoms with van der Waals surface area (Å²) in [5.74, 6) is -0.584.